The second-order valence-corrected chi connectivity index (χ2v) is 6.27. The minimum Gasteiger partial charge on any atom is -0.487 e. The van der Waals surface area contributed by atoms with Crippen molar-refractivity contribution in [3.05, 3.63) is 57.8 Å². The summed E-state index contributed by atoms with van der Waals surface area (Å²) >= 11 is 3.46. The van der Waals surface area contributed by atoms with Crippen LogP contribution in [0, 0.1) is 6.92 Å². The molecule has 0 aliphatic rings. The summed E-state index contributed by atoms with van der Waals surface area (Å²) in [4.78, 5) is 4.61. The Morgan fingerprint density at radius 2 is 1.95 bits per heavy atom. The van der Waals surface area contributed by atoms with Crippen molar-refractivity contribution in [1.29, 1.82) is 0 Å². The zero-order chi connectivity index (χ0) is 15.2. The summed E-state index contributed by atoms with van der Waals surface area (Å²) in [6.45, 7) is 7.55. The van der Waals surface area contributed by atoms with Crippen LogP contribution in [-0.4, -0.2) is 11.0 Å². The molecule has 21 heavy (non-hydrogen) atoms. The largest absolute Gasteiger partial charge is 0.487 e. The molecule has 0 aliphatic carbocycles. The van der Waals surface area contributed by atoms with Gasteiger partial charge in [-0.05, 0) is 36.8 Å². The van der Waals surface area contributed by atoms with Crippen LogP contribution < -0.4 is 10.1 Å². The van der Waals surface area contributed by atoms with Gasteiger partial charge in [-0.2, -0.15) is 0 Å². The van der Waals surface area contributed by atoms with E-state index in [1.54, 1.807) is 0 Å². The van der Waals surface area contributed by atoms with Crippen molar-refractivity contribution in [2.24, 2.45) is 0 Å². The van der Waals surface area contributed by atoms with Gasteiger partial charge in [0.05, 0.1) is 11.4 Å². The van der Waals surface area contributed by atoms with Gasteiger partial charge in [-0.15, -0.1) is 0 Å². The molecule has 0 spiro atoms. The zero-order valence-electron chi connectivity index (χ0n) is 12.7. The van der Waals surface area contributed by atoms with E-state index in [2.05, 4.69) is 40.1 Å². The van der Waals surface area contributed by atoms with Crippen LogP contribution in [0.3, 0.4) is 0 Å². The fraction of sp³-hybridized carbons (Fsp3) is 0.353. The Kier molecular flexibility index (Phi) is 5.76. The summed E-state index contributed by atoms with van der Waals surface area (Å²) in [6, 6.07) is 12.5. The maximum absolute atomic E-state index is 5.87. The molecule has 0 atom stereocenters. The van der Waals surface area contributed by atoms with Crippen LogP contribution in [0.15, 0.2) is 40.9 Å². The summed E-state index contributed by atoms with van der Waals surface area (Å²) in [5, 5.41) is 3.37. The molecule has 4 heteroatoms. The molecule has 0 bridgehead atoms. The third-order valence-corrected chi connectivity index (χ3v) is 3.57. The number of aryl methyl sites for hydroxylation is 1. The fourth-order valence-corrected chi connectivity index (χ4v) is 2.24. The number of benzene rings is 1. The number of nitrogens with one attached hydrogen (secondary N) is 1. The predicted octanol–water partition coefficient (Wildman–Crippen LogP) is 4.23. The van der Waals surface area contributed by atoms with E-state index in [-0.39, 0.29) is 0 Å². The molecule has 0 saturated heterocycles. The zero-order valence-corrected chi connectivity index (χ0v) is 14.3. The number of pyridine rings is 1. The third-order valence-electron chi connectivity index (χ3n) is 3.08. The average Bonchev–Trinajstić information content (AvgIpc) is 2.46. The number of ether oxygens (including phenoxy) is 1. The summed E-state index contributed by atoms with van der Waals surface area (Å²) in [7, 11) is 0. The molecule has 1 N–H and O–H groups in total. The molecule has 1 aromatic carbocycles. The van der Waals surface area contributed by atoms with E-state index >= 15 is 0 Å². The topological polar surface area (TPSA) is 34.1 Å². The van der Waals surface area contributed by atoms with Gasteiger partial charge in [0.15, 0.2) is 0 Å². The number of hydrogen-bond acceptors (Lipinski definition) is 3. The van der Waals surface area contributed by atoms with Crippen LogP contribution in [0.5, 0.6) is 5.75 Å². The van der Waals surface area contributed by atoms with Gasteiger partial charge in [0, 0.05) is 17.1 Å². The van der Waals surface area contributed by atoms with Gasteiger partial charge < -0.3 is 10.1 Å². The molecule has 0 fully saturated rings. The Bertz CT molecular complexity index is 599. The molecule has 112 valence electrons. The normalized spacial score (nSPS) is 10.9. The molecule has 0 amide bonds. The number of aromatic nitrogens is 1. The second-order valence-electron chi connectivity index (χ2n) is 5.35. The van der Waals surface area contributed by atoms with Gasteiger partial charge >= 0.3 is 0 Å². The maximum Gasteiger partial charge on any atom is 0.130 e. The minimum absolute atomic E-state index is 0.455. The first kappa shape index (κ1) is 16.0. The Labute approximate surface area is 134 Å². The van der Waals surface area contributed by atoms with E-state index in [0.717, 1.165) is 33.7 Å². The van der Waals surface area contributed by atoms with Gasteiger partial charge in [-0.25, -0.2) is 0 Å². The van der Waals surface area contributed by atoms with Gasteiger partial charge in [-0.3, -0.25) is 4.98 Å². The molecule has 3 nitrogen and oxygen atoms in total. The summed E-state index contributed by atoms with van der Waals surface area (Å²) < 4.78 is 6.89. The Balaban J connectivity index is 1.99. The lowest BCUT2D eigenvalue weighted by atomic mass is 10.2. The first-order valence-corrected chi connectivity index (χ1v) is 7.91. The van der Waals surface area contributed by atoms with Crippen LogP contribution in [0.2, 0.25) is 0 Å². The standard InChI is InChI=1S/C17H21BrN2O/c1-12(2)19-10-15-5-4-6-16(20-15)11-21-17-9-14(18)8-7-13(17)3/h4-9,12,19H,10-11H2,1-3H3. The lowest BCUT2D eigenvalue weighted by molar-refractivity contribution is 0.298. The van der Waals surface area contributed by atoms with E-state index in [1.807, 2.05) is 43.3 Å². The fourth-order valence-electron chi connectivity index (χ4n) is 1.90. The predicted molar refractivity (Wildman–Crippen MR) is 89.4 cm³/mol. The van der Waals surface area contributed by atoms with Gasteiger partial charge in [0.25, 0.3) is 0 Å². The number of halogens is 1. The summed E-state index contributed by atoms with van der Waals surface area (Å²) in [5.41, 5.74) is 3.10. The maximum atomic E-state index is 5.87. The number of hydrogen-bond donors (Lipinski definition) is 1. The summed E-state index contributed by atoms with van der Waals surface area (Å²) in [6.07, 6.45) is 0. The van der Waals surface area contributed by atoms with Crippen LogP contribution >= 0.6 is 15.9 Å². The van der Waals surface area contributed by atoms with Crippen LogP contribution in [0.4, 0.5) is 0 Å². The Morgan fingerprint density at radius 3 is 2.71 bits per heavy atom. The highest BCUT2D eigenvalue weighted by Crippen LogP contribution is 2.23. The SMILES string of the molecule is Cc1ccc(Br)cc1OCc1cccc(CNC(C)C)n1. The molecule has 0 aliphatic heterocycles. The second kappa shape index (κ2) is 7.57. The van der Waals surface area contributed by atoms with Crippen LogP contribution in [0.25, 0.3) is 0 Å². The highest BCUT2D eigenvalue weighted by Gasteiger charge is 2.03. The van der Waals surface area contributed by atoms with E-state index < -0.39 is 0 Å². The highest BCUT2D eigenvalue weighted by atomic mass is 79.9. The average molecular weight is 349 g/mol. The van der Waals surface area contributed by atoms with Gasteiger partial charge in [-0.1, -0.05) is 41.9 Å². The molecule has 1 heterocycles. The molecule has 0 saturated carbocycles. The Hall–Kier alpha value is -1.39. The first-order chi connectivity index (χ1) is 10.0. The van der Waals surface area contributed by atoms with Crippen molar-refractivity contribution in [3.8, 4) is 5.75 Å². The highest BCUT2D eigenvalue weighted by molar-refractivity contribution is 9.10. The van der Waals surface area contributed by atoms with E-state index in [4.69, 9.17) is 4.74 Å². The van der Waals surface area contributed by atoms with Crippen molar-refractivity contribution in [1.82, 2.24) is 10.3 Å². The smallest absolute Gasteiger partial charge is 0.130 e. The van der Waals surface area contributed by atoms with E-state index in [9.17, 15) is 0 Å². The lowest BCUT2D eigenvalue weighted by Crippen LogP contribution is -2.22. The van der Waals surface area contributed by atoms with Crippen molar-refractivity contribution < 1.29 is 4.74 Å². The molecule has 2 aromatic rings. The third kappa shape index (κ3) is 5.14. The number of rotatable bonds is 6. The molecular weight excluding hydrogens is 328 g/mol. The van der Waals surface area contributed by atoms with E-state index in [1.165, 1.54) is 0 Å². The molecule has 0 radical (unpaired) electrons. The van der Waals surface area contributed by atoms with Gasteiger partial charge in [0.1, 0.15) is 12.4 Å². The monoisotopic (exact) mass is 348 g/mol. The van der Waals surface area contributed by atoms with Crippen molar-refractivity contribution >= 4 is 15.9 Å². The molecule has 0 unspecified atom stereocenters. The summed E-state index contributed by atoms with van der Waals surface area (Å²) in [5.74, 6) is 0.886. The van der Waals surface area contributed by atoms with Gasteiger partial charge in [0.2, 0.25) is 0 Å². The Morgan fingerprint density at radius 1 is 1.19 bits per heavy atom. The van der Waals surface area contributed by atoms with Crippen LogP contribution in [0.1, 0.15) is 30.8 Å². The van der Waals surface area contributed by atoms with Crippen LogP contribution in [-0.2, 0) is 13.2 Å². The first-order valence-electron chi connectivity index (χ1n) is 7.12. The molecular formula is C17H21BrN2O. The van der Waals surface area contributed by atoms with Crippen molar-refractivity contribution in [2.45, 2.75) is 40.0 Å². The van der Waals surface area contributed by atoms with Crippen molar-refractivity contribution in [2.75, 3.05) is 0 Å². The lowest BCUT2D eigenvalue weighted by Gasteiger charge is -2.11. The molecule has 2 rings (SSSR count). The van der Waals surface area contributed by atoms with E-state index in [0.29, 0.717) is 12.6 Å². The van der Waals surface area contributed by atoms with Crippen molar-refractivity contribution in [3.63, 3.8) is 0 Å². The molecule has 1 aromatic heterocycles. The number of nitrogens with zero attached hydrogens (tertiary/aromatic N) is 1. The minimum atomic E-state index is 0.455. The quantitative estimate of drug-likeness (QED) is 0.848.